The van der Waals surface area contributed by atoms with Crippen LogP contribution in [-0.2, 0) is 6.54 Å². The van der Waals surface area contributed by atoms with Gasteiger partial charge in [0, 0.05) is 10.9 Å². The molecule has 37 heavy (non-hydrogen) atoms. The number of pyridine rings is 1. The van der Waals surface area contributed by atoms with Crippen molar-refractivity contribution in [2.45, 2.75) is 20.4 Å². The largest absolute Gasteiger partial charge is 0.279 e. The van der Waals surface area contributed by atoms with Crippen molar-refractivity contribution in [1.82, 2.24) is 9.97 Å². The average molecular weight is 500 g/mol. The van der Waals surface area contributed by atoms with E-state index in [9.17, 15) is 4.79 Å². The Bertz CT molecular complexity index is 1700. The molecule has 0 saturated heterocycles. The molecule has 0 bridgehead atoms. The first kappa shape index (κ1) is 23.1. The lowest BCUT2D eigenvalue weighted by molar-refractivity contribution is 0.0986. The minimum absolute atomic E-state index is 0.0889. The molecule has 0 spiro atoms. The molecule has 0 N–H and O–H groups in total. The molecule has 4 nitrogen and oxygen atoms in total. The van der Waals surface area contributed by atoms with E-state index in [1.807, 2.05) is 95.9 Å². The van der Waals surface area contributed by atoms with E-state index in [0.29, 0.717) is 17.2 Å². The molecule has 6 aromatic rings. The third-order valence-corrected chi connectivity index (χ3v) is 7.82. The number of nitrogens with zero attached hydrogens (tertiary/aromatic N) is 3. The first-order valence-corrected chi connectivity index (χ1v) is 13.1. The van der Waals surface area contributed by atoms with Crippen molar-refractivity contribution in [2.75, 3.05) is 4.90 Å². The number of anilines is 1. The van der Waals surface area contributed by atoms with Crippen molar-refractivity contribution >= 4 is 43.5 Å². The summed E-state index contributed by atoms with van der Waals surface area (Å²) in [6.45, 7) is 4.58. The van der Waals surface area contributed by atoms with Gasteiger partial charge in [-0.1, -0.05) is 102 Å². The number of benzene rings is 4. The molecule has 4 aromatic carbocycles. The van der Waals surface area contributed by atoms with Crippen molar-refractivity contribution in [3.8, 4) is 11.3 Å². The molecule has 6 rings (SSSR count). The number of aryl methyl sites for hydroxylation is 2. The van der Waals surface area contributed by atoms with Gasteiger partial charge in [-0.3, -0.25) is 9.69 Å². The maximum absolute atomic E-state index is 14.5. The van der Waals surface area contributed by atoms with Gasteiger partial charge in [-0.15, -0.1) is 0 Å². The maximum Gasteiger partial charge on any atom is 0.261 e. The number of carbonyl (C=O) groups excluding carboxylic acids is 1. The Kier molecular flexibility index (Phi) is 5.99. The fraction of sp³-hybridized carbons (Fsp3) is 0.0938. The number of hydrogen-bond donors (Lipinski definition) is 0. The Labute approximate surface area is 219 Å². The molecule has 0 saturated carbocycles. The van der Waals surface area contributed by atoms with Crippen LogP contribution in [0.1, 0.15) is 27.0 Å². The van der Waals surface area contributed by atoms with E-state index in [1.54, 1.807) is 11.3 Å². The van der Waals surface area contributed by atoms with Gasteiger partial charge in [0.15, 0.2) is 5.13 Å². The van der Waals surface area contributed by atoms with Gasteiger partial charge in [0.1, 0.15) is 0 Å². The Hall–Kier alpha value is -4.35. The lowest BCUT2D eigenvalue weighted by atomic mass is 10.0. The molecule has 180 valence electrons. The van der Waals surface area contributed by atoms with Crippen LogP contribution in [0.15, 0.2) is 103 Å². The molecule has 0 radical (unpaired) electrons. The van der Waals surface area contributed by atoms with Crippen molar-refractivity contribution in [1.29, 1.82) is 0 Å². The van der Waals surface area contributed by atoms with Gasteiger partial charge in [0.2, 0.25) is 0 Å². The smallest absolute Gasteiger partial charge is 0.261 e. The van der Waals surface area contributed by atoms with E-state index in [-0.39, 0.29) is 5.91 Å². The van der Waals surface area contributed by atoms with Crippen LogP contribution in [-0.4, -0.2) is 15.9 Å². The van der Waals surface area contributed by atoms with Gasteiger partial charge < -0.3 is 0 Å². The Morgan fingerprint density at radius 3 is 2.22 bits per heavy atom. The molecule has 0 aliphatic carbocycles. The molecule has 0 fully saturated rings. The minimum atomic E-state index is -0.0889. The van der Waals surface area contributed by atoms with E-state index in [2.05, 4.69) is 26.0 Å². The SMILES string of the molecule is Cc1ccc(C)c2sc(N(Cc3ccccc3)C(=O)c3cc(-c4ccccc4)nc4ccccc34)nc12. The highest BCUT2D eigenvalue weighted by atomic mass is 32.1. The summed E-state index contributed by atoms with van der Waals surface area (Å²) in [5.74, 6) is -0.0889. The fourth-order valence-corrected chi connectivity index (χ4v) is 5.72. The average Bonchev–Trinajstić information content (AvgIpc) is 3.40. The summed E-state index contributed by atoms with van der Waals surface area (Å²) in [5, 5.41) is 1.53. The molecule has 2 heterocycles. The second-order valence-corrected chi connectivity index (χ2v) is 10.2. The zero-order valence-electron chi connectivity index (χ0n) is 20.7. The van der Waals surface area contributed by atoms with Gasteiger partial charge in [0.25, 0.3) is 5.91 Å². The molecular formula is C32H25N3OS. The summed E-state index contributed by atoms with van der Waals surface area (Å²) < 4.78 is 1.12. The van der Waals surface area contributed by atoms with Crippen LogP contribution < -0.4 is 4.90 Å². The van der Waals surface area contributed by atoms with Crippen LogP contribution >= 0.6 is 11.3 Å². The Balaban J connectivity index is 1.54. The van der Waals surface area contributed by atoms with E-state index < -0.39 is 0 Å². The van der Waals surface area contributed by atoms with Gasteiger partial charge in [-0.25, -0.2) is 9.97 Å². The van der Waals surface area contributed by atoms with Crippen molar-refractivity contribution < 1.29 is 4.79 Å². The monoisotopic (exact) mass is 499 g/mol. The van der Waals surface area contributed by atoms with E-state index in [1.165, 1.54) is 0 Å². The van der Waals surface area contributed by atoms with Gasteiger partial charge in [0.05, 0.1) is 33.5 Å². The summed E-state index contributed by atoms with van der Waals surface area (Å²) in [5.41, 5.74) is 7.44. The highest BCUT2D eigenvalue weighted by Crippen LogP contribution is 2.35. The van der Waals surface area contributed by atoms with Crippen LogP contribution in [0.4, 0.5) is 5.13 Å². The predicted molar refractivity (Wildman–Crippen MR) is 153 cm³/mol. The summed E-state index contributed by atoms with van der Waals surface area (Å²) >= 11 is 1.57. The normalized spacial score (nSPS) is 11.2. The topological polar surface area (TPSA) is 46.1 Å². The number of fused-ring (bicyclic) bond motifs is 2. The lowest BCUT2D eigenvalue weighted by Crippen LogP contribution is -2.30. The highest BCUT2D eigenvalue weighted by Gasteiger charge is 2.25. The highest BCUT2D eigenvalue weighted by molar-refractivity contribution is 7.22. The molecule has 0 aliphatic heterocycles. The van der Waals surface area contributed by atoms with Crippen LogP contribution in [0, 0.1) is 13.8 Å². The molecule has 0 aliphatic rings. The van der Waals surface area contributed by atoms with Crippen molar-refractivity contribution in [3.05, 3.63) is 125 Å². The van der Waals surface area contributed by atoms with Gasteiger partial charge in [-0.2, -0.15) is 0 Å². The molecule has 0 unspecified atom stereocenters. The zero-order valence-corrected chi connectivity index (χ0v) is 21.5. The summed E-state index contributed by atoms with van der Waals surface area (Å²) in [6.07, 6.45) is 0. The summed E-state index contributed by atoms with van der Waals surface area (Å²) in [7, 11) is 0. The Morgan fingerprint density at radius 2 is 1.46 bits per heavy atom. The van der Waals surface area contributed by atoms with Crippen LogP contribution in [0.25, 0.3) is 32.4 Å². The first-order valence-electron chi connectivity index (χ1n) is 12.3. The number of hydrogen-bond acceptors (Lipinski definition) is 4. The predicted octanol–water partition coefficient (Wildman–Crippen LogP) is 7.98. The minimum Gasteiger partial charge on any atom is -0.279 e. The standard InChI is InChI=1S/C32H25N3OS/c1-21-17-18-22(2)30-29(21)34-32(37-30)35(20-23-11-5-3-6-12-23)31(36)26-19-28(24-13-7-4-8-14-24)33-27-16-10-9-15-25(26)27/h3-19H,20H2,1-2H3. The first-order chi connectivity index (χ1) is 18.1. The number of carbonyl (C=O) groups is 1. The van der Waals surface area contributed by atoms with Crippen LogP contribution in [0.3, 0.4) is 0 Å². The van der Waals surface area contributed by atoms with Gasteiger partial charge >= 0.3 is 0 Å². The molecule has 1 amide bonds. The molecular weight excluding hydrogens is 474 g/mol. The molecule has 0 atom stereocenters. The summed E-state index contributed by atoms with van der Waals surface area (Å²) in [6, 6.07) is 34.0. The fourth-order valence-electron chi connectivity index (χ4n) is 4.61. The second-order valence-electron chi connectivity index (χ2n) is 9.19. The lowest BCUT2D eigenvalue weighted by Gasteiger charge is -2.21. The number of para-hydroxylation sites is 1. The van der Waals surface area contributed by atoms with Crippen molar-refractivity contribution in [3.63, 3.8) is 0 Å². The van der Waals surface area contributed by atoms with E-state index in [4.69, 9.17) is 9.97 Å². The number of aromatic nitrogens is 2. The summed E-state index contributed by atoms with van der Waals surface area (Å²) in [4.78, 5) is 26.1. The third-order valence-electron chi connectivity index (χ3n) is 6.61. The van der Waals surface area contributed by atoms with E-state index >= 15 is 0 Å². The Morgan fingerprint density at radius 1 is 0.784 bits per heavy atom. The number of thiazole rings is 1. The van der Waals surface area contributed by atoms with Crippen LogP contribution in [0.2, 0.25) is 0 Å². The number of amides is 1. The second kappa shape index (κ2) is 9.60. The molecule has 2 aromatic heterocycles. The third kappa shape index (κ3) is 4.39. The number of rotatable bonds is 5. The quantitative estimate of drug-likeness (QED) is 0.242. The molecule has 5 heteroatoms. The van der Waals surface area contributed by atoms with Gasteiger partial charge in [-0.05, 0) is 42.7 Å². The van der Waals surface area contributed by atoms with Crippen molar-refractivity contribution in [2.24, 2.45) is 0 Å². The van der Waals surface area contributed by atoms with E-state index in [0.717, 1.165) is 49.1 Å². The zero-order chi connectivity index (χ0) is 25.4. The van der Waals surface area contributed by atoms with Crippen LogP contribution in [0.5, 0.6) is 0 Å². The maximum atomic E-state index is 14.5.